The first-order valence-electron chi connectivity index (χ1n) is 6.05. The van der Waals surface area contributed by atoms with E-state index in [1.54, 1.807) is 0 Å². The second-order valence-corrected chi connectivity index (χ2v) is 4.46. The molecule has 1 amide bonds. The molecule has 0 radical (unpaired) electrons. The number of ether oxygens (including phenoxy) is 1. The molecule has 1 aromatic carbocycles. The number of rotatable bonds is 3. The highest BCUT2D eigenvalue weighted by Crippen LogP contribution is 2.27. The zero-order valence-electron chi connectivity index (χ0n) is 10.2. The lowest BCUT2D eigenvalue weighted by Gasteiger charge is -2.11. The van der Waals surface area contributed by atoms with Crippen LogP contribution in [0.4, 0.5) is 5.69 Å². The molecule has 4 N–H and O–H groups in total. The number of para-hydroxylation sites is 1. The van der Waals surface area contributed by atoms with Crippen LogP contribution in [0.1, 0.15) is 16.1 Å². The molecule has 0 bridgehead atoms. The minimum absolute atomic E-state index is 0.0366. The Morgan fingerprint density at radius 3 is 3.11 bits per heavy atom. The number of nitrogens with zero attached hydrogens (tertiary/aromatic N) is 1. The predicted octanol–water partition coefficient (Wildman–Crippen LogP) is 0.725. The van der Waals surface area contributed by atoms with Gasteiger partial charge in [-0.05, 0) is 11.6 Å². The molecule has 6 heteroatoms. The summed E-state index contributed by atoms with van der Waals surface area (Å²) >= 11 is 0. The molecule has 0 aliphatic carbocycles. The highest BCUT2D eigenvalue weighted by molar-refractivity contribution is 5.96. The molecular formula is C13H14N4O2. The van der Waals surface area contributed by atoms with Gasteiger partial charge in [-0.1, -0.05) is 18.2 Å². The second-order valence-electron chi connectivity index (χ2n) is 4.46. The predicted molar refractivity (Wildman–Crippen MR) is 69.9 cm³/mol. The van der Waals surface area contributed by atoms with Gasteiger partial charge in [0, 0.05) is 6.42 Å². The monoisotopic (exact) mass is 258 g/mol. The van der Waals surface area contributed by atoms with Gasteiger partial charge in [0.15, 0.2) is 0 Å². The number of nitrogens with one attached hydrogen (secondary N) is 2. The number of aromatic amines is 1. The average Bonchev–Trinajstić information content (AvgIpc) is 3.01. The van der Waals surface area contributed by atoms with Crippen LogP contribution in [-0.2, 0) is 6.42 Å². The lowest BCUT2D eigenvalue weighted by molar-refractivity contribution is 0.0929. The molecule has 1 unspecified atom stereocenters. The van der Waals surface area contributed by atoms with Gasteiger partial charge in [-0.15, -0.1) is 0 Å². The molecule has 1 aliphatic heterocycles. The van der Waals surface area contributed by atoms with Crippen LogP contribution in [0.5, 0.6) is 5.75 Å². The summed E-state index contributed by atoms with van der Waals surface area (Å²) in [6.07, 6.45) is 2.18. The van der Waals surface area contributed by atoms with E-state index >= 15 is 0 Å². The summed E-state index contributed by atoms with van der Waals surface area (Å²) in [4.78, 5) is 11.8. The fraction of sp³-hybridized carbons (Fsp3) is 0.231. The largest absolute Gasteiger partial charge is 0.488 e. The summed E-state index contributed by atoms with van der Waals surface area (Å²) in [6, 6.07) is 7.88. The topological polar surface area (TPSA) is 93.0 Å². The third kappa shape index (κ3) is 2.24. The third-order valence-corrected chi connectivity index (χ3v) is 3.10. The molecule has 0 fully saturated rings. The van der Waals surface area contributed by atoms with Gasteiger partial charge in [0.1, 0.15) is 17.5 Å². The number of aromatic nitrogens is 2. The maximum atomic E-state index is 11.8. The molecule has 1 aliphatic rings. The molecule has 1 aromatic heterocycles. The van der Waals surface area contributed by atoms with Gasteiger partial charge in [-0.2, -0.15) is 5.10 Å². The molecule has 3 rings (SSSR count). The van der Waals surface area contributed by atoms with Gasteiger partial charge in [0.05, 0.1) is 18.4 Å². The minimum atomic E-state index is -0.269. The number of benzene rings is 1. The van der Waals surface area contributed by atoms with Gasteiger partial charge in [0.25, 0.3) is 5.91 Å². The number of hydrogen-bond acceptors (Lipinski definition) is 4. The number of carbonyl (C=O) groups is 1. The lowest BCUT2D eigenvalue weighted by atomic mass is 10.1. The average molecular weight is 258 g/mol. The second kappa shape index (κ2) is 4.64. The Balaban J connectivity index is 1.58. The van der Waals surface area contributed by atoms with E-state index in [1.807, 2.05) is 24.3 Å². The van der Waals surface area contributed by atoms with Crippen molar-refractivity contribution in [1.29, 1.82) is 0 Å². The van der Waals surface area contributed by atoms with E-state index < -0.39 is 0 Å². The Labute approximate surface area is 110 Å². The molecule has 2 heterocycles. The summed E-state index contributed by atoms with van der Waals surface area (Å²) in [5.41, 5.74) is 7.41. The number of carbonyl (C=O) groups excluding carboxylic acids is 1. The molecule has 0 saturated carbocycles. The van der Waals surface area contributed by atoms with Crippen LogP contribution in [0, 0.1) is 0 Å². The molecule has 0 saturated heterocycles. The summed E-state index contributed by atoms with van der Waals surface area (Å²) < 4.78 is 5.73. The van der Waals surface area contributed by atoms with Crippen LogP contribution < -0.4 is 15.8 Å². The zero-order chi connectivity index (χ0) is 13.2. The van der Waals surface area contributed by atoms with Crippen molar-refractivity contribution in [2.24, 2.45) is 0 Å². The number of hydrogen-bond donors (Lipinski definition) is 3. The quantitative estimate of drug-likeness (QED) is 0.756. The number of anilines is 1. The Morgan fingerprint density at radius 1 is 1.53 bits per heavy atom. The van der Waals surface area contributed by atoms with Crippen molar-refractivity contribution in [2.45, 2.75) is 12.5 Å². The normalized spacial score (nSPS) is 16.7. The van der Waals surface area contributed by atoms with E-state index in [9.17, 15) is 4.79 Å². The summed E-state index contributed by atoms with van der Waals surface area (Å²) in [7, 11) is 0. The van der Waals surface area contributed by atoms with Crippen molar-refractivity contribution >= 4 is 11.6 Å². The van der Waals surface area contributed by atoms with Gasteiger partial charge in [0.2, 0.25) is 0 Å². The smallest absolute Gasteiger partial charge is 0.271 e. The Hall–Kier alpha value is -2.50. The van der Waals surface area contributed by atoms with E-state index in [0.717, 1.165) is 12.2 Å². The Morgan fingerprint density at radius 2 is 2.37 bits per heavy atom. The maximum Gasteiger partial charge on any atom is 0.271 e. The fourth-order valence-corrected chi connectivity index (χ4v) is 2.14. The summed E-state index contributed by atoms with van der Waals surface area (Å²) in [6.45, 7) is 0.436. The Bertz CT molecular complexity index is 583. The van der Waals surface area contributed by atoms with Crippen LogP contribution in [0.25, 0.3) is 0 Å². The van der Waals surface area contributed by atoms with E-state index in [-0.39, 0.29) is 17.7 Å². The van der Waals surface area contributed by atoms with E-state index in [1.165, 1.54) is 11.8 Å². The standard InChI is InChI=1S/C13H14N4O2/c14-10-7-16-17-12(10)13(18)15-6-9-5-8-3-1-2-4-11(8)19-9/h1-4,7,9H,5-6,14H2,(H,15,18)(H,16,17). The number of amides is 1. The molecule has 1 atom stereocenters. The van der Waals surface area contributed by atoms with Gasteiger partial charge < -0.3 is 15.8 Å². The van der Waals surface area contributed by atoms with Crippen molar-refractivity contribution < 1.29 is 9.53 Å². The summed E-state index contributed by atoms with van der Waals surface area (Å²) in [5.74, 6) is 0.623. The first-order chi connectivity index (χ1) is 9.24. The van der Waals surface area contributed by atoms with Crippen LogP contribution in [0.15, 0.2) is 30.5 Å². The van der Waals surface area contributed by atoms with Crippen molar-refractivity contribution in [3.05, 3.63) is 41.7 Å². The van der Waals surface area contributed by atoms with Crippen LogP contribution in [0.3, 0.4) is 0 Å². The lowest BCUT2D eigenvalue weighted by Crippen LogP contribution is -2.34. The maximum absolute atomic E-state index is 11.8. The molecule has 6 nitrogen and oxygen atoms in total. The Kier molecular flexibility index (Phi) is 2.83. The third-order valence-electron chi connectivity index (χ3n) is 3.10. The number of H-pyrrole nitrogens is 1. The SMILES string of the molecule is Nc1cn[nH]c1C(=O)NCC1Cc2ccccc2O1. The molecule has 19 heavy (non-hydrogen) atoms. The van der Waals surface area contributed by atoms with Crippen molar-refractivity contribution in [1.82, 2.24) is 15.5 Å². The summed E-state index contributed by atoms with van der Waals surface area (Å²) in [5, 5.41) is 9.07. The first kappa shape index (κ1) is 11.6. The minimum Gasteiger partial charge on any atom is -0.488 e. The van der Waals surface area contributed by atoms with Crippen molar-refractivity contribution in [2.75, 3.05) is 12.3 Å². The fourth-order valence-electron chi connectivity index (χ4n) is 2.14. The van der Waals surface area contributed by atoms with Gasteiger partial charge in [-0.3, -0.25) is 9.89 Å². The molecule has 98 valence electrons. The van der Waals surface area contributed by atoms with Crippen LogP contribution in [0.2, 0.25) is 0 Å². The van der Waals surface area contributed by atoms with E-state index in [4.69, 9.17) is 10.5 Å². The highest BCUT2D eigenvalue weighted by Gasteiger charge is 2.23. The number of nitrogens with two attached hydrogens (primary N) is 1. The highest BCUT2D eigenvalue weighted by atomic mass is 16.5. The van der Waals surface area contributed by atoms with Crippen LogP contribution in [-0.4, -0.2) is 28.8 Å². The molecule has 0 spiro atoms. The van der Waals surface area contributed by atoms with E-state index in [0.29, 0.717) is 12.2 Å². The van der Waals surface area contributed by atoms with Gasteiger partial charge in [-0.25, -0.2) is 0 Å². The first-order valence-corrected chi connectivity index (χ1v) is 6.05. The van der Waals surface area contributed by atoms with Gasteiger partial charge >= 0.3 is 0 Å². The number of nitrogen functional groups attached to an aromatic ring is 1. The molecule has 2 aromatic rings. The van der Waals surface area contributed by atoms with Crippen molar-refractivity contribution in [3.63, 3.8) is 0 Å². The van der Waals surface area contributed by atoms with E-state index in [2.05, 4.69) is 15.5 Å². The number of fused-ring (bicyclic) bond motifs is 1. The van der Waals surface area contributed by atoms with Crippen molar-refractivity contribution in [3.8, 4) is 5.75 Å². The zero-order valence-corrected chi connectivity index (χ0v) is 10.2. The molecular weight excluding hydrogens is 244 g/mol. The van der Waals surface area contributed by atoms with Crippen LogP contribution >= 0.6 is 0 Å².